The molecule has 1 amide bonds. The average Bonchev–Trinajstić information content (AvgIpc) is 2.54. The summed E-state index contributed by atoms with van der Waals surface area (Å²) in [5.74, 6) is -0.165. The highest BCUT2D eigenvalue weighted by Crippen LogP contribution is 2.14. The van der Waals surface area contributed by atoms with E-state index in [9.17, 15) is 23.2 Å². The predicted molar refractivity (Wildman–Crippen MR) is 81.1 cm³/mol. The highest BCUT2D eigenvalue weighted by molar-refractivity contribution is 5.75. The van der Waals surface area contributed by atoms with Crippen molar-refractivity contribution < 1.29 is 18.3 Å². The second-order valence-electron chi connectivity index (χ2n) is 4.86. The zero-order valence-electron chi connectivity index (χ0n) is 12.5. The third kappa shape index (κ3) is 5.34. The van der Waals surface area contributed by atoms with Crippen LogP contribution in [0.2, 0.25) is 0 Å². The first kappa shape index (κ1) is 17.4. The Morgan fingerprint density at radius 1 is 1.29 bits per heavy atom. The Morgan fingerprint density at radius 3 is 2.79 bits per heavy atom. The molecule has 0 fully saturated rings. The second-order valence-corrected chi connectivity index (χ2v) is 4.86. The van der Waals surface area contributed by atoms with E-state index in [1.807, 2.05) is 4.98 Å². The molecule has 0 atom stereocenters. The Kier molecular flexibility index (Phi) is 5.83. The summed E-state index contributed by atoms with van der Waals surface area (Å²) in [5, 5.41) is 2.59. The van der Waals surface area contributed by atoms with Crippen molar-refractivity contribution in [1.29, 1.82) is 0 Å². The molecule has 1 aromatic heterocycles. The molecule has 0 unspecified atom stereocenters. The average molecular weight is 339 g/mol. The van der Waals surface area contributed by atoms with Crippen LogP contribution < -0.4 is 21.3 Å². The van der Waals surface area contributed by atoms with E-state index in [1.165, 1.54) is 18.3 Å². The summed E-state index contributed by atoms with van der Waals surface area (Å²) in [6.07, 6.45) is -1.34. The number of aromatic amines is 1. The maximum Gasteiger partial charge on any atom is 0.328 e. The molecule has 0 aliphatic rings. The molecule has 0 aliphatic carbocycles. The number of ether oxygens (including phenoxy) is 1. The first-order valence-electron chi connectivity index (χ1n) is 7.00. The number of nitrogens with one attached hydrogen (secondary N) is 2. The van der Waals surface area contributed by atoms with Crippen LogP contribution in [0.1, 0.15) is 5.56 Å². The lowest BCUT2D eigenvalue weighted by atomic mass is 10.2. The molecule has 0 bridgehead atoms. The summed E-state index contributed by atoms with van der Waals surface area (Å²) in [7, 11) is 0. The van der Waals surface area contributed by atoms with Gasteiger partial charge in [-0.1, -0.05) is 12.1 Å². The first-order chi connectivity index (χ1) is 11.4. The van der Waals surface area contributed by atoms with Crippen LogP contribution in [0.15, 0.2) is 46.1 Å². The van der Waals surface area contributed by atoms with Gasteiger partial charge in [-0.25, -0.2) is 13.6 Å². The molecule has 2 rings (SSSR count). The SMILES string of the molecule is O=C(Cn1ccc(=O)[nH]c1=O)NCc1cccc(OCC(F)F)c1. The molecule has 0 radical (unpaired) electrons. The lowest BCUT2D eigenvalue weighted by Gasteiger charge is -2.09. The molecule has 0 saturated carbocycles. The summed E-state index contributed by atoms with van der Waals surface area (Å²) in [4.78, 5) is 36.3. The molecule has 0 spiro atoms. The largest absolute Gasteiger partial charge is 0.488 e. The number of hydrogen-bond acceptors (Lipinski definition) is 4. The maximum atomic E-state index is 12.1. The molecule has 0 saturated heterocycles. The van der Waals surface area contributed by atoms with Gasteiger partial charge in [-0.15, -0.1) is 0 Å². The maximum absolute atomic E-state index is 12.1. The van der Waals surface area contributed by atoms with E-state index in [-0.39, 0.29) is 18.8 Å². The van der Waals surface area contributed by atoms with Gasteiger partial charge >= 0.3 is 5.69 Å². The molecule has 7 nitrogen and oxygen atoms in total. The molecule has 9 heteroatoms. The number of aromatic nitrogens is 2. The van der Waals surface area contributed by atoms with Crippen molar-refractivity contribution in [1.82, 2.24) is 14.9 Å². The van der Waals surface area contributed by atoms with Crippen molar-refractivity contribution in [3.8, 4) is 5.75 Å². The highest BCUT2D eigenvalue weighted by atomic mass is 19.3. The van der Waals surface area contributed by atoms with E-state index < -0.39 is 30.2 Å². The van der Waals surface area contributed by atoms with E-state index in [1.54, 1.807) is 12.1 Å². The number of rotatable bonds is 7. The number of hydrogen-bond donors (Lipinski definition) is 2. The van der Waals surface area contributed by atoms with Crippen molar-refractivity contribution in [2.45, 2.75) is 19.5 Å². The van der Waals surface area contributed by atoms with E-state index in [0.29, 0.717) is 5.56 Å². The quantitative estimate of drug-likeness (QED) is 0.768. The Hall–Kier alpha value is -2.97. The number of carbonyl (C=O) groups is 1. The summed E-state index contributed by atoms with van der Waals surface area (Å²) in [6.45, 7) is -0.815. The van der Waals surface area contributed by atoms with Crippen LogP contribution in [0, 0.1) is 0 Å². The van der Waals surface area contributed by atoms with Crippen LogP contribution in [0.25, 0.3) is 0 Å². The van der Waals surface area contributed by atoms with Crippen LogP contribution in [-0.2, 0) is 17.9 Å². The topological polar surface area (TPSA) is 93.2 Å². The summed E-state index contributed by atoms with van der Waals surface area (Å²) >= 11 is 0. The standard InChI is InChI=1S/C15H15F2N3O4/c16-12(17)9-24-11-3-1-2-10(6-11)7-18-14(22)8-20-5-4-13(21)19-15(20)23/h1-6,12H,7-9H2,(H,18,22)(H,19,21,23). The van der Waals surface area contributed by atoms with Crippen LogP contribution in [-0.4, -0.2) is 28.5 Å². The van der Waals surface area contributed by atoms with E-state index in [2.05, 4.69) is 5.32 Å². The minimum Gasteiger partial charge on any atom is -0.488 e. The molecule has 0 aliphatic heterocycles. The van der Waals surface area contributed by atoms with Gasteiger partial charge in [0.25, 0.3) is 12.0 Å². The summed E-state index contributed by atoms with van der Waals surface area (Å²) in [5.41, 5.74) is -0.568. The van der Waals surface area contributed by atoms with Gasteiger partial charge in [-0.3, -0.25) is 19.1 Å². The van der Waals surface area contributed by atoms with Gasteiger partial charge in [-0.2, -0.15) is 0 Å². The van der Waals surface area contributed by atoms with E-state index in [0.717, 1.165) is 10.6 Å². The van der Waals surface area contributed by atoms with Crippen LogP contribution in [0.4, 0.5) is 8.78 Å². The number of alkyl halides is 2. The number of nitrogens with zero attached hydrogens (tertiary/aromatic N) is 1. The van der Waals surface area contributed by atoms with Crippen molar-refractivity contribution in [3.05, 3.63) is 62.9 Å². The summed E-state index contributed by atoms with van der Waals surface area (Å²) < 4.78 is 30.2. The Balaban J connectivity index is 1.90. The zero-order chi connectivity index (χ0) is 17.5. The Labute approximate surface area is 134 Å². The fraction of sp³-hybridized carbons (Fsp3) is 0.267. The number of H-pyrrole nitrogens is 1. The van der Waals surface area contributed by atoms with Gasteiger partial charge in [0.2, 0.25) is 5.91 Å². The Bertz CT molecular complexity index is 817. The number of carbonyl (C=O) groups excluding carboxylic acids is 1. The molecule has 128 valence electrons. The molecule has 1 aromatic carbocycles. The van der Waals surface area contributed by atoms with Gasteiger partial charge in [0, 0.05) is 18.8 Å². The molecular weight excluding hydrogens is 324 g/mol. The van der Waals surface area contributed by atoms with Gasteiger partial charge < -0.3 is 10.1 Å². The van der Waals surface area contributed by atoms with Gasteiger partial charge in [0.1, 0.15) is 18.9 Å². The smallest absolute Gasteiger partial charge is 0.328 e. The monoisotopic (exact) mass is 339 g/mol. The van der Waals surface area contributed by atoms with Crippen molar-refractivity contribution >= 4 is 5.91 Å². The second kappa shape index (κ2) is 8.04. The van der Waals surface area contributed by atoms with E-state index >= 15 is 0 Å². The van der Waals surface area contributed by atoms with Crippen LogP contribution >= 0.6 is 0 Å². The molecular formula is C15H15F2N3O4. The normalized spacial score (nSPS) is 10.6. The van der Waals surface area contributed by atoms with Gasteiger partial charge in [-0.05, 0) is 17.7 Å². The Morgan fingerprint density at radius 2 is 2.08 bits per heavy atom. The van der Waals surface area contributed by atoms with Crippen molar-refractivity contribution in [3.63, 3.8) is 0 Å². The number of benzene rings is 1. The molecule has 1 heterocycles. The molecule has 2 N–H and O–H groups in total. The lowest BCUT2D eigenvalue weighted by molar-refractivity contribution is -0.121. The van der Waals surface area contributed by atoms with Gasteiger partial charge in [0.05, 0.1) is 0 Å². The minimum atomic E-state index is -2.57. The zero-order valence-corrected chi connectivity index (χ0v) is 12.5. The first-order valence-corrected chi connectivity index (χ1v) is 7.00. The van der Waals surface area contributed by atoms with Crippen LogP contribution in [0.3, 0.4) is 0 Å². The number of halogens is 2. The third-order valence-electron chi connectivity index (χ3n) is 2.97. The highest BCUT2D eigenvalue weighted by Gasteiger charge is 2.06. The summed E-state index contributed by atoms with van der Waals surface area (Å²) in [6, 6.07) is 7.53. The van der Waals surface area contributed by atoms with E-state index in [4.69, 9.17) is 4.74 Å². The number of amides is 1. The third-order valence-corrected chi connectivity index (χ3v) is 2.97. The van der Waals surface area contributed by atoms with Crippen molar-refractivity contribution in [2.24, 2.45) is 0 Å². The van der Waals surface area contributed by atoms with Crippen molar-refractivity contribution in [2.75, 3.05) is 6.61 Å². The minimum absolute atomic E-state index is 0.142. The molecule has 2 aromatic rings. The molecule has 24 heavy (non-hydrogen) atoms. The fourth-order valence-corrected chi connectivity index (χ4v) is 1.88. The van der Waals surface area contributed by atoms with Gasteiger partial charge in [0.15, 0.2) is 0 Å². The van der Waals surface area contributed by atoms with Crippen LogP contribution in [0.5, 0.6) is 5.75 Å². The fourth-order valence-electron chi connectivity index (χ4n) is 1.88. The lowest BCUT2D eigenvalue weighted by Crippen LogP contribution is -2.35. The predicted octanol–water partition coefficient (Wildman–Crippen LogP) is 0.497.